The van der Waals surface area contributed by atoms with Crippen LogP contribution in [0.3, 0.4) is 0 Å². The van der Waals surface area contributed by atoms with Gasteiger partial charge in [0.2, 0.25) is 0 Å². The molecule has 3 aliphatic rings. The van der Waals surface area contributed by atoms with Gasteiger partial charge in [0, 0.05) is 31.0 Å². The monoisotopic (exact) mass is 593 g/mol. The largest absolute Gasteiger partial charge is 0.463 e. The summed E-state index contributed by atoms with van der Waals surface area (Å²) in [5.74, 6) is -0.934. The predicted octanol–water partition coefficient (Wildman–Crippen LogP) is 5.49. The van der Waals surface area contributed by atoms with Gasteiger partial charge in [-0.25, -0.2) is 4.79 Å². The number of anilines is 2. The summed E-state index contributed by atoms with van der Waals surface area (Å²) in [6.07, 6.45) is 3.08. The first-order valence-electron chi connectivity index (χ1n) is 15.3. The molecule has 0 aromatic heterocycles. The molecular formula is C36H39N3O5. The number of hydrogen-bond acceptors (Lipinski definition) is 7. The van der Waals surface area contributed by atoms with Gasteiger partial charge in [0.05, 0.1) is 37.0 Å². The van der Waals surface area contributed by atoms with E-state index in [9.17, 15) is 9.59 Å². The molecular weight excluding hydrogens is 554 g/mol. The third-order valence-electron chi connectivity index (χ3n) is 8.57. The summed E-state index contributed by atoms with van der Waals surface area (Å²) in [6.45, 7) is 9.97. The van der Waals surface area contributed by atoms with Crippen LogP contribution in [0.15, 0.2) is 96.1 Å². The number of rotatable bonds is 10. The van der Waals surface area contributed by atoms with Crippen molar-refractivity contribution in [3.8, 4) is 0 Å². The van der Waals surface area contributed by atoms with Gasteiger partial charge in [-0.15, -0.1) is 0 Å². The van der Waals surface area contributed by atoms with Crippen LogP contribution in [0, 0.1) is 13.8 Å². The zero-order valence-corrected chi connectivity index (χ0v) is 25.5. The molecule has 3 heterocycles. The zero-order valence-electron chi connectivity index (χ0n) is 25.5. The van der Waals surface area contributed by atoms with E-state index in [4.69, 9.17) is 14.2 Å². The topological polar surface area (TPSA) is 89.1 Å². The molecule has 8 heteroatoms. The van der Waals surface area contributed by atoms with Gasteiger partial charge >= 0.3 is 5.97 Å². The lowest BCUT2D eigenvalue weighted by molar-refractivity contribution is -0.140. The van der Waals surface area contributed by atoms with Gasteiger partial charge in [-0.1, -0.05) is 66.7 Å². The molecule has 228 valence electrons. The standard InChI is InChI=1S/C36H39N3O5/c1-4-43-35(41)31-30(34(40)38-32-24(2)9-8-10-25(32)3)29-17-18-36(31,44-29)33(37-28-11-6-5-7-12-28)27-15-13-26(14-16-27)23-39-19-21-42-22-20-39/h5-18,29,33,37H,4,19-23H2,1-3H3,(H,38,40)/t29-,33+,36+/m0/s1. The van der Waals surface area contributed by atoms with E-state index >= 15 is 0 Å². The number of nitrogens with zero attached hydrogens (tertiary/aromatic N) is 1. The van der Waals surface area contributed by atoms with E-state index in [1.807, 2.05) is 74.5 Å². The number of esters is 1. The predicted molar refractivity (Wildman–Crippen MR) is 170 cm³/mol. The molecule has 1 amide bonds. The van der Waals surface area contributed by atoms with Crippen molar-refractivity contribution in [2.24, 2.45) is 0 Å². The molecule has 3 aliphatic heterocycles. The average molecular weight is 594 g/mol. The van der Waals surface area contributed by atoms with Crippen molar-refractivity contribution in [3.63, 3.8) is 0 Å². The Kier molecular flexibility index (Phi) is 8.66. The van der Waals surface area contributed by atoms with Crippen molar-refractivity contribution in [1.82, 2.24) is 4.90 Å². The molecule has 2 N–H and O–H groups in total. The lowest BCUT2D eigenvalue weighted by Gasteiger charge is -2.36. The molecule has 0 unspecified atom stereocenters. The fourth-order valence-electron chi connectivity index (χ4n) is 6.36. The van der Waals surface area contributed by atoms with Crippen molar-refractivity contribution in [3.05, 3.63) is 118 Å². The molecule has 0 radical (unpaired) electrons. The van der Waals surface area contributed by atoms with Gasteiger partial charge < -0.3 is 24.8 Å². The number of carbonyl (C=O) groups excluding carboxylic acids is 2. The quantitative estimate of drug-likeness (QED) is 0.237. The Morgan fingerprint density at radius 1 is 0.977 bits per heavy atom. The van der Waals surface area contributed by atoms with E-state index in [1.165, 1.54) is 5.56 Å². The number of carbonyl (C=O) groups is 2. The number of para-hydroxylation sites is 2. The van der Waals surface area contributed by atoms with Crippen LogP contribution < -0.4 is 10.6 Å². The van der Waals surface area contributed by atoms with E-state index < -0.39 is 23.7 Å². The first-order valence-corrected chi connectivity index (χ1v) is 15.3. The molecule has 3 aromatic carbocycles. The van der Waals surface area contributed by atoms with Gasteiger partial charge in [-0.3, -0.25) is 9.69 Å². The molecule has 3 atom stereocenters. The maximum Gasteiger partial charge on any atom is 0.337 e. The summed E-state index contributed by atoms with van der Waals surface area (Å²) in [5.41, 5.74) is 4.80. The van der Waals surface area contributed by atoms with Crippen molar-refractivity contribution < 1.29 is 23.8 Å². The van der Waals surface area contributed by atoms with Crippen molar-refractivity contribution in [2.45, 2.75) is 45.1 Å². The molecule has 0 saturated carbocycles. The minimum absolute atomic E-state index is 0.172. The molecule has 1 saturated heterocycles. The highest BCUT2D eigenvalue weighted by molar-refractivity contribution is 6.12. The van der Waals surface area contributed by atoms with E-state index in [0.717, 1.165) is 60.9 Å². The SMILES string of the molecule is CCOC(=O)C1=C(C(=O)Nc2c(C)cccc2C)[C@@H]2C=C[C@@]1([C@H](Nc1ccccc1)c1ccc(CN3CCOCC3)cc1)O2. The van der Waals surface area contributed by atoms with Crippen molar-refractivity contribution >= 4 is 23.3 Å². The Morgan fingerprint density at radius 3 is 2.36 bits per heavy atom. The van der Waals surface area contributed by atoms with E-state index in [1.54, 1.807) is 6.92 Å². The second-order valence-corrected chi connectivity index (χ2v) is 11.5. The van der Waals surface area contributed by atoms with Crippen LogP contribution in [0.5, 0.6) is 0 Å². The smallest absolute Gasteiger partial charge is 0.337 e. The Bertz CT molecular complexity index is 1560. The van der Waals surface area contributed by atoms with Gasteiger partial charge in [0.1, 0.15) is 11.7 Å². The highest BCUT2D eigenvalue weighted by Crippen LogP contribution is 2.51. The maximum absolute atomic E-state index is 14.0. The summed E-state index contributed by atoms with van der Waals surface area (Å²) in [5, 5.41) is 6.71. The normalized spacial score (nSPS) is 21.8. The number of amides is 1. The van der Waals surface area contributed by atoms with Crippen molar-refractivity contribution in [1.29, 1.82) is 0 Å². The first-order chi connectivity index (χ1) is 21.4. The molecule has 8 nitrogen and oxygen atoms in total. The summed E-state index contributed by atoms with van der Waals surface area (Å²) < 4.78 is 17.8. The summed E-state index contributed by atoms with van der Waals surface area (Å²) in [4.78, 5) is 30.2. The molecule has 44 heavy (non-hydrogen) atoms. The minimum atomic E-state index is -1.27. The second kappa shape index (κ2) is 12.8. The lowest BCUT2D eigenvalue weighted by Crippen LogP contribution is -2.42. The maximum atomic E-state index is 14.0. The van der Waals surface area contributed by atoms with E-state index in [-0.39, 0.29) is 23.7 Å². The summed E-state index contributed by atoms with van der Waals surface area (Å²) in [7, 11) is 0. The fraction of sp³-hybridized carbons (Fsp3) is 0.333. The van der Waals surface area contributed by atoms with Crippen LogP contribution in [0.2, 0.25) is 0 Å². The average Bonchev–Trinajstić information content (AvgIpc) is 3.62. The van der Waals surface area contributed by atoms with Crippen LogP contribution in [-0.2, 0) is 30.3 Å². The van der Waals surface area contributed by atoms with Crippen LogP contribution in [0.1, 0.15) is 35.2 Å². The number of nitrogens with one attached hydrogen (secondary N) is 2. The molecule has 1 fully saturated rings. The van der Waals surface area contributed by atoms with Gasteiger partial charge in [0.25, 0.3) is 5.91 Å². The summed E-state index contributed by atoms with van der Waals surface area (Å²) in [6, 6.07) is 23.5. The third kappa shape index (κ3) is 5.80. The first kappa shape index (κ1) is 29.8. The van der Waals surface area contributed by atoms with E-state index in [0.29, 0.717) is 0 Å². The fourth-order valence-corrected chi connectivity index (χ4v) is 6.36. The second-order valence-electron chi connectivity index (χ2n) is 11.5. The Labute approximate surface area is 258 Å². The highest BCUT2D eigenvalue weighted by Gasteiger charge is 2.58. The Hall–Kier alpha value is -4.24. The third-order valence-corrected chi connectivity index (χ3v) is 8.57. The summed E-state index contributed by atoms with van der Waals surface area (Å²) >= 11 is 0. The molecule has 0 aliphatic carbocycles. The highest BCUT2D eigenvalue weighted by atomic mass is 16.5. The van der Waals surface area contributed by atoms with Gasteiger partial charge in [0.15, 0.2) is 0 Å². The van der Waals surface area contributed by atoms with Gasteiger partial charge in [-0.2, -0.15) is 0 Å². The minimum Gasteiger partial charge on any atom is -0.463 e. The Morgan fingerprint density at radius 2 is 1.68 bits per heavy atom. The Balaban J connectivity index is 1.40. The number of benzene rings is 3. The van der Waals surface area contributed by atoms with Gasteiger partial charge in [-0.05, 0) is 61.2 Å². The van der Waals surface area contributed by atoms with Crippen molar-refractivity contribution in [2.75, 3.05) is 43.5 Å². The zero-order chi connectivity index (χ0) is 30.7. The van der Waals surface area contributed by atoms with E-state index in [2.05, 4.69) is 39.8 Å². The molecule has 6 rings (SSSR count). The lowest BCUT2D eigenvalue weighted by atomic mass is 9.78. The number of fused-ring (bicyclic) bond motifs is 2. The van der Waals surface area contributed by atoms with Crippen LogP contribution in [0.25, 0.3) is 0 Å². The van der Waals surface area contributed by atoms with Crippen LogP contribution in [0.4, 0.5) is 11.4 Å². The molecule has 0 spiro atoms. The number of aryl methyl sites for hydroxylation is 2. The van der Waals surface area contributed by atoms with Crippen LogP contribution >= 0.6 is 0 Å². The molecule has 3 aromatic rings. The number of morpholine rings is 1. The molecule has 2 bridgehead atoms. The number of ether oxygens (including phenoxy) is 3. The van der Waals surface area contributed by atoms with Crippen LogP contribution in [-0.4, -0.2) is 61.4 Å². The number of hydrogen-bond donors (Lipinski definition) is 2.